The first kappa shape index (κ1) is 25.9. The molecule has 1 aromatic heterocycles. The van der Waals surface area contributed by atoms with Crippen molar-refractivity contribution in [2.24, 2.45) is 4.99 Å². The molecule has 0 aliphatic heterocycles. The maximum absolute atomic E-state index is 10.9. The Balaban J connectivity index is 1.79. The lowest BCUT2D eigenvalue weighted by Gasteiger charge is -2.16. The third-order valence-electron chi connectivity index (χ3n) is 5.27. The Bertz CT molecular complexity index is 1080. The molecule has 0 radical (unpaired) electrons. The molecule has 1 aliphatic carbocycles. The lowest BCUT2D eigenvalue weighted by atomic mass is 10.0. The van der Waals surface area contributed by atoms with Crippen molar-refractivity contribution in [1.82, 2.24) is 4.57 Å². The van der Waals surface area contributed by atoms with E-state index in [-0.39, 0.29) is 19.4 Å². The molecule has 0 fully saturated rings. The predicted octanol–water partition coefficient (Wildman–Crippen LogP) is 3.46. The molecule has 0 bridgehead atoms. The zero-order valence-corrected chi connectivity index (χ0v) is 20.7. The van der Waals surface area contributed by atoms with Gasteiger partial charge in [-0.3, -0.25) is 10.4 Å². The Hall–Kier alpha value is -1.68. The van der Waals surface area contributed by atoms with Gasteiger partial charge < -0.3 is 9.67 Å². The van der Waals surface area contributed by atoms with Gasteiger partial charge in [0.15, 0.2) is 4.80 Å². The molecule has 3 rings (SSSR count). The number of nitrogens with one attached hydrogen (secondary N) is 1. The first-order valence-corrected chi connectivity index (χ1v) is 13.5. The van der Waals surface area contributed by atoms with Crippen LogP contribution in [0.5, 0.6) is 0 Å². The summed E-state index contributed by atoms with van der Waals surface area (Å²) in [6.07, 6.45) is 3.97. The molecule has 2 unspecified atom stereocenters. The molecule has 0 saturated heterocycles. The van der Waals surface area contributed by atoms with Gasteiger partial charge in [0.2, 0.25) is 0 Å². The number of thiazole rings is 1. The first-order valence-electron chi connectivity index (χ1n) is 10.5. The van der Waals surface area contributed by atoms with Crippen LogP contribution in [0.15, 0.2) is 29.3 Å². The molecule has 0 spiro atoms. The number of aryl methyl sites for hydroxylation is 2. The normalized spacial score (nSPS) is 16.8. The molecule has 0 saturated carbocycles. The molecule has 1 aliphatic rings. The number of hydrogen-bond acceptors (Lipinski definition) is 8. The Morgan fingerprint density at radius 3 is 2.45 bits per heavy atom. The summed E-state index contributed by atoms with van der Waals surface area (Å²) >= 11 is 1.51. The van der Waals surface area contributed by atoms with Gasteiger partial charge in [-0.1, -0.05) is 29.8 Å². The van der Waals surface area contributed by atoms with Crippen LogP contribution in [-0.4, -0.2) is 37.7 Å². The van der Waals surface area contributed by atoms with Crippen molar-refractivity contribution in [1.29, 1.82) is 5.41 Å². The SMILES string of the molecule is Cc1ccc(C(Cn2c3c(sc2=N)CCCC3)=NCCCC(O)(O[P+](=O)O)O[P+](=O)O)cc1. The van der Waals surface area contributed by atoms with Crippen LogP contribution in [0.1, 0.15) is 47.4 Å². The number of benzene rings is 1. The highest BCUT2D eigenvalue weighted by molar-refractivity contribution is 7.33. The van der Waals surface area contributed by atoms with Crippen molar-refractivity contribution in [3.05, 3.63) is 50.8 Å². The highest BCUT2D eigenvalue weighted by Crippen LogP contribution is 2.35. The van der Waals surface area contributed by atoms with Gasteiger partial charge in [0, 0.05) is 32.7 Å². The molecule has 4 N–H and O–H groups in total. The van der Waals surface area contributed by atoms with E-state index >= 15 is 0 Å². The maximum Gasteiger partial charge on any atom is 0.700 e. The number of aromatic nitrogens is 1. The topological polar surface area (TPSA) is 154 Å². The summed E-state index contributed by atoms with van der Waals surface area (Å²) in [4.78, 5) is 24.2. The fourth-order valence-corrected chi connectivity index (χ4v) is 5.61. The van der Waals surface area contributed by atoms with E-state index in [4.69, 9.17) is 15.2 Å². The van der Waals surface area contributed by atoms with Gasteiger partial charge in [-0.2, -0.15) is 0 Å². The minimum Gasteiger partial charge on any atom is -0.337 e. The summed E-state index contributed by atoms with van der Waals surface area (Å²) in [6, 6.07) is 7.89. The van der Waals surface area contributed by atoms with Gasteiger partial charge in [-0.15, -0.1) is 21.1 Å². The summed E-state index contributed by atoms with van der Waals surface area (Å²) in [5.41, 5.74) is 3.95. The molecule has 2 aromatic rings. The minimum atomic E-state index is -3.25. The molecule has 13 heteroatoms. The van der Waals surface area contributed by atoms with Crippen LogP contribution in [0, 0.1) is 12.3 Å². The lowest BCUT2D eigenvalue weighted by molar-refractivity contribution is -0.277. The predicted molar refractivity (Wildman–Crippen MR) is 123 cm³/mol. The quantitative estimate of drug-likeness (QED) is 0.155. The second-order valence-corrected chi connectivity index (χ2v) is 10.1. The van der Waals surface area contributed by atoms with Crippen LogP contribution in [0.4, 0.5) is 0 Å². The number of nitrogens with zero attached hydrogens (tertiary/aromatic N) is 2. The minimum absolute atomic E-state index is 0.151. The fourth-order valence-electron chi connectivity index (χ4n) is 3.72. The van der Waals surface area contributed by atoms with Gasteiger partial charge in [-0.25, -0.2) is 0 Å². The molecule has 178 valence electrons. The average Bonchev–Trinajstić information content (AvgIpc) is 3.04. The summed E-state index contributed by atoms with van der Waals surface area (Å²) < 4.78 is 32.7. The largest absolute Gasteiger partial charge is 0.700 e. The number of rotatable bonds is 11. The smallest absolute Gasteiger partial charge is 0.337 e. The van der Waals surface area contributed by atoms with Crippen molar-refractivity contribution >= 4 is 33.6 Å². The van der Waals surface area contributed by atoms with E-state index in [1.165, 1.54) is 21.9 Å². The van der Waals surface area contributed by atoms with Crippen LogP contribution in [0.3, 0.4) is 0 Å². The molecular weight excluding hydrogens is 488 g/mol. The fraction of sp³-hybridized carbons (Fsp3) is 0.500. The zero-order valence-electron chi connectivity index (χ0n) is 18.1. The monoisotopic (exact) mass is 515 g/mol. The number of fused-ring (bicyclic) bond motifs is 1. The Morgan fingerprint density at radius 2 is 1.82 bits per heavy atom. The number of aliphatic imine (C=N–C) groups is 1. The van der Waals surface area contributed by atoms with Crippen molar-refractivity contribution in [2.75, 3.05) is 6.54 Å². The van der Waals surface area contributed by atoms with E-state index in [1.807, 2.05) is 35.8 Å². The first-order chi connectivity index (χ1) is 15.7. The Kier molecular flexibility index (Phi) is 9.15. The van der Waals surface area contributed by atoms with Gasteiger partial charge in [0.05, 0.1) is 12.3 Å². The Labute approximate surface area is 197 Å². The van der Waals surface area contributed by atoms with Crippen molar-refractivity contribution in [3.8, 4) is 0 Å². The van der Waals surface area contributed by atoms with Crippen molar-refractivity contribution in [3.63, 3.8) is 0 Å². The highest BCUT2D eigenvalue weighted by atomic mass is 32.1. The van der Waals surface area contributed by atoms with E-state index in [0.29, 0.717) is 11.3 Å². The highest BCUT2D eigenvalue weighted by Gasteiger charge is 2.47. The van der Waals surface area contributed by atoms with Gasteiger partial charge >= 0.3 is 22.5 Å². The molecule has 33 heavy (non-hydrogen) atoms. The third-order valence-corrected chi connectivity index (χ3v) is 7.25. The molecule has 10 nitrogen and oxygen atoms in total. The maximum atomic E-state index is 10.9. The molecular formula is C20H27N3O7P2S+2. The van der Waals surface area contributed by atoms with Crippen LogP contribution in [0.25, 0.3) is 0 Å². The van der Waals surface area contributed by atoms with Crippen LogP contribution in [-0.2, 0) is 37.6 Å². The van der Waals surface area contributed by atoms with Crippen LogP contribution < -0.4 is 4.80 Å². The summed E-state index contributed by atoms with van der Waals surface area (Å²) in [6.45, 7) is 2.62. The second kappa shape index (κ2) is 11.6. The van der Waals surface area contributed by atoms with Gasteiger partial charge in [-0.05, 0) is 53.6 Å². The van der Waals surface area contributed by atoms with Gasteiger partial charge in [0.1, 0.15) is 0 Å². The third kappa shape index (κ3) is 7.40. The molecule has 1 heterocycles. The van der Waals surface area contributed by atoms with Crippen LogP contribution >= 0.6 is 27.8 Å². The standard InChI is InChI=1S/C20H25N3O7P2S/c1-14-7-9-15(10-8-14)16(13-23-17-5-2-3-6-18(17)33-19(23)21)22-12-4-11-20(24,29-31(25)26)30-32(27)28/h7-10,21,24H,2-6,11-13H2,1H3/p+2. The zero-order chi connectivity index (χ0) is 24.0. The van der Waals surface area contributed by atoms with E-state index in [9.17, 15) is 14.2 Å². The summed E-state index contributed by atoms with van der Waals surface area (Å²) in [5, 5.41) is 18.6. The molecule has 1 aromatic carbocycles. The van der Waals surface area contributed by atoms with E-state index in [0.717, 1.165) is 42.5 Å². The van der Waals surface area contributed by atoms with Gasteiger partial charge in [0.25, 0.3) is 0 Å². The molecule has 2 atom stereocenters. The summed E-state index contributed by atoms with van der Waals surface area (Å²) in [7, 11) is -6.50. The summed E-state index contributed by atoms with van der Waals surface area (Å²) in [5.74, 6) is -2.67. The Morgan fingerprint density at radius 1 is 1.18 bits per heavy atom. The second-order valence-electron chi connectivity index (χ2n) is 7.74. The lowest BCUT2D eigenvalue weighted by Crippen LogP contribution is -2.31. The van der Waals surface area contributed by atoms with Crippen molar-refractivity contribution < 1.29 is 33.1 Å². The molecule has 0 amide bonds. The number of hydrogen-bond donors (Lipinski definition) is 4. The van der Waals surface area contributed by atoms with Crippen molar-refractivity contribution in [2.45, 2.75) is 58.0 Å². The number of aliphatic hydroxyl groups is 1. The van der Waals surface area contributed by atoms with E-state index < -0.39 is 22.5 Å². The van der Waals surface area contributed by atoms with E-state index in [2.05, 4.69) is 14.0 Å². The van der Waals surface area contributed by atoms with E-state index in [1.54, 1.807) is 0 Å². The van der Waals surface area contributed by atoms with Crippen LogP contribution in [0.2, 0.25) is 0 Å². The average molecular weight is 515 g/mol.